The minimum atomic E-state index is 0.935. The van der Waals surface area contributed by atoms with Crippen molar-refractivity contribution in [3.63, 3.8) is 0 Å². The number of allylic oxidation sites excluding steroid dienone is 1. The zero-order valence-electron chi connectivity index (χ0n) is 7.72. The second kappa shape index (κ2) is 3.94. The van der Waals surface area contributed by atoms with Crippen LogP contribution in [0, 0.1) is 13.8 Å². The first kappa shape index (κ1) is 8.83. The lowest BCUT2D eigenvalue weighted by atomic mass is 10.0. The van der Waals surface area contributed by atoms with Crippen molar-refractivity contribution < 1.29 is 0 Å². The van der Waals surface area contributed by atoms with Gasteiger partial charge in [0.15, 0.2) is 0 Å². The van der Waals surface area contributed by atoms with Crippen molar-refractivity contribution in [3.8, 4) is 0 Å². The summed E-state index contributed by atoms with van der Waals surface area (Å²) in [5.74, 6) is 0. The molecule has 0 unspecified atom stereocenters. The molecule has 0 nitrogen and oxygen atoms in total. The van der Waals surface area contributed by atoms with Crippen LogP contribution >= 0.6 is 0 Å². The highest BCUT2D eigenvalue weighted by molar-refractivity contribution is 5.30. The van der Waals surface area contributed by atoms with Crippen molar-refractivity contribution in [1.82, 2.24) is 0 Å². The summed E-state index contributed by atoms with van der Waals surface area (Å²) in [6.45, 7) is 7.80. The van der Waals surface area contributed by atoms with Gasteiger partial charge < -0.3 is 0 Å². The molecule has 0 aliphatic carbocycles. The normalized spacial score (nSPS) is 9.17. The van der Waals surface area contributed by atoms with Gasteiger partial charge in [-0.1, -0.05) is 24.8 Å². The van der Waals surface area contributed by atoms with E-state index in [1.807, 2.05) is 6.08 Å². The van der Waals surface area contributed by atoms with Gasteiger partial charge in [-0.2, -0.15) is 0 Å². The van der Waals surface area contributed by atoms with Crippen LogP contribution in [0.4, 0.5) is 0 Å². The molecule has 0 aliphatic heterocycles. The molecule has 0 amide bonds. The second-order valence-corrected chi connectivity index (χ2v) is 3.03. The molecule has 0 aromatic heterocycles. The van der Waals surface area contributed by atoms with E-state index in [2.05, 4.69) is 44.4 Å². The van der Waals surface area contributed by atoms with Crippen LogP contribution in [0.5, 0.6) is 0 Å². The summed E-state index contributed by atoms with van der Waals surface area (Å²) >= 11 is 0. The Balaban J connectivity index is 2.89. The van der Waals surface area contributed by atoms with E-state index in [4.69, 9.17) is 0 Å². The average molecular weight is 158 g/mol. The van der Waals surface area contributed by atoms with Gasteiger partial charge in [0.1, 0.15) is 0 Å². The second-order valence-electron chi connectivity index (χ2n) is 3.03. The zero-order valence-corrected chi connectivity index (χ0v) is 7.72. The van der Waals surface area contributed by atoms with Crippen LogP contribution in [0.2, 0.25) is 0 Å². The molecule has 0 fully saturated rings. The summed E-state index contributed by atoms with van der Waals surface area (Å²) in [6, 6.07) is 6.51. The predicted octanol–water partition coefficient (Wildman–Crippen LogP) is 3.19. The van der Waals surface area contributed by atoms with E-state index in [9.17, 15) is 0 Å². The molecule has 0 bridgehead atoms. The molecule has 1 aromatic carbocycles. The van der Waals surface area contributed by atoms with Crippen LogP contribution in [-0.4, -0.2) is 0 Å². The van der Waals surface area contributed by atoms with Gasteiger partial charge in [0.05, 0.1) is 0 Å². The largest absolute Gasteiger partial charge is 0.133 e. The van der Waals surface area contributed by atoms with Gasteiger partial charge in [0.2, 0.25) is 0 Å². The summed E-state index contributed by atoms with van der Waals surface area (Å²) in [5.41, 5.74) is 6.80. The van der Waals surface area contributed by atoms with Crippen molar-refractivity contribution in [2.75, 3.05) is 0 Å². The van der Waals surface area contributed by atoms with Crippen LogP contribution in [0.25, 0.3) is 0 Å². The van der Waals surface area contributed by atoms with E-state index in [0.717, 1.165) is 6.42 Å². The summed E-state index contributed by atoms with van der Waals surface area (Å²) < 4.78 is 0. The maximum absolute atomic E-state index is 3.54. The molecule has 0 saturated carbocycles. The Bertz CT molecular complexity index is 315. The number of rotatable bonds is 2. The third-order valence-corrected chi connectivity index (χ3v) is 2.05. The maximum Gasteiger partial charge on any atom is -0.00214 e. The van der Waals surface area contributed by atoms with Gasteiger partial charge >= 0.3 is 0 Å². The van der Waals surface area contributed by atoms with Crippen LogP contribution in [0.1, 0.15) is 16.7 Å². The van der Waals surface area contributed by atoms with Gasteiger partial charge in [-0.3, -0.25) is 0 Å². The first-order valence-electron chi connectivity index (χ1n) is 4.14. The van der Waals surface area contributed by atoms with E-state index in [0.29, 0.717) is 0 Å². The van der Waals surface area contributed by atoms with Gasteiger partial charge in [-0.25, -0.2) is 0 Å². The molecular formula is C12H14. The third kappa shape index (κ3) is 2.11. The van der Waals surface area contributed by atoms with Crippen LogP contribution in [0.15, 0.2) is 36.6 Å². The molecule has 62 valence electrons. The van der Waals surface area contributed by atoms with Crippen molar-refractivity contribution in [1.29, 1.82) is 0 Å². The molecule has 1 aromatic rings. The summed E-state index contributed by atoms with van der Waals surface area (Å²) in [6.07, 6.45) is 2.88. The molecule has 0 N–H and O–H groups in total. The Kier molecular flexibility index (Phi) is 2.90. The maximum atomic E-state index is 3.54. The fourth-order valence-corrected chi connectivity index (χ4v) is 1.12. The predicted molar refractivity (Wildman–Crippen MR) is 53.3 cm³/mol. The van der Waals surface area contributed by atoms with Crippen LogP contribution < -0.4 is 0 Å². The third-order valence-electron chi connectivity index (χ3n) is 2.05. The first-order valence-corrected chi connectivity index (χ1v) is 4.14. The van der Waals surface area contributed by atoms with Gasteiger partial charge in [-0.05, 0) is 43.0 Å². The highest BCUT2D eigenvalue weighted by Gasteiger charge is 1.93. The fourth-order valence-electron chi connectivity index (χ4n) is 1.12. The van der Waals surface area contributed by atoms with Gasteiger partial charge in [-0.15, -0.1) is 5.73 Å². The van der Waals surface area contributed by atoms with Crippen LogP contribution in [-0.2, 0) is 6.42 Å². The Labute approximate surface area is 74.2 Å². The lowest BCUT2D eigenvalue weighted by Gasteiger charge is -2.01. The topological polar surface area (TPSA) is 0 Å². The van der Waals surface area contributed by atoms with Crippen molar-refractivity contribution in [2.45, 2.75) is 20.3 Å². The van der Waals surface area contributed by atoms with E-state index in [1.54, 1.807) is 0 Å². The molecule has 12 heavy (non-hydrogen) atoms. The van der Waals surface area contributed by atoms with E-state index >= 15 is 0 Å². The minimum Gasteiger partial charge on any atom is -0.133 e. The zero-order chi connectivity index (χ0) is 8.97. The Morgan fingerprint density at radius 3 is 2.67 bits per heavy atom. The molecular weight excluding hydrogens is 144 g/mol. The molecule has 0 aliphatic rings. The summed E-state index contributed by atoms with van der Waals surface area (Å²) in [4.78, 5) is 0. The average Bonchev–Trinajstić information content (AvgIpc) is 2.07. The summed E-state index contributed by atoms with van der Waals surface area (Å²) in [7, 11) is 0. The van der Waals surface area contributed by atoms with E-state index in [-0.39, 0.29) is 0 Å². The molecule has 0 saturated heterocycles. The molecule has 1 rings (SSSR count). The quantitative estimate of drug-likeness (QED) is 0.580. The lowest BCUT2D eigenvalue weighted by Crippen LogP contribution is -1.85. The SMILES string of the molecule is C=C=CCc1ccc(C)c(C)c1. The molecule has 0 heterocycles. The Hall–Kier alpha value is -1.26. The minimum absolute atomic E-state index is 0.935. The molecule has 0 heteroatoms. The number of benzene rings is 1. The summed E-state index contributed by atoms with van der Waals surface area (Å²) in [5, 5.41) is 0. The van der Waals surface area contributed by atoms with Gasteiger partial charge in [0, 0.05) is 0 Å². The van der Waals surface area contributed by atoms with Crippen molar-refractivity contribution in [2.24, 2.45) is 0 Å². The van der Waals surface area contributed by atoms with Crippen molar-refractivity contribution >= 4 is 0 Å². The Morgan fingerprint density at radius 2 is 2.08 bits per heavy atom. The first-order chi connectivity index (χ1) is 5.74. The standard InChI is InChI=1S/C12H14/c1-4-5-6-12-8-7-10(2)11(3)9-12/h5,7-9H,1,6H2,2-3H3. The van der Waals surface area contributed by atoms with Crippen LogP contribution in [0.3, 0.4) is 0 Å². The number of hydrogen-bond acceptors (Lipinski definition) is 0. The number of aryl methyl sites for hydroxylation is 2. The van der Waals surface area contributed by atoms with E-state index < -0.39 is 0 Å². The van der Waals surface area contributed by atoms with Gasteiger partial charge in [0.25, 0.3) is 0 Å². The highest BCUT2D eigenvalue weighted by atomic mass is 14.0. The monoisotopic (exact) mass is 158 g/mol. The van der Waals surface area contributed by atoms with Crippen molar-refractivity contribution in [3.05, 3.63) is 53.3 Å². The molecule has 0 spiro atoms. The Morgan fingerprint density at radius 1 is 1.33 bits per heavy atom. The highest BCUT2D eigenvalue weighted by Crippen LogP contribution is 2.10. The lowest BCUT2D eigenvalue weighted by molar-refractivity contribution is 1.22. The molecule has 0 radical (unpaired) electrons. The molecule has 0 atom stereocenters. The fraction of sp³-hybridized carbons (Fsp3) is 0.250. The number of hydrogen-bond donors (Lipinski definition) is 0. The van der Waals surface area contributed by atoms with E-state index in [1.165, 1.54) is 16.7 Å². The smallest absolute Gasteiger partial charge is 0.00214 e.